The number of hydrogen-bond donors (Lipinski definition) is 1. The molecule has 0 spiro atoms. The van der Waals surface area contributed by atoms with E-state index < -0.39 is 17.8 Å². The molecule has 1 aliphatic rings. The van der Waals surface area contributed by atoms with E-state index in [1.165, 1.54) is 13.1 Å². The van der Waals surface area contributed by atoms with Gasteiger partial charge in [0.25, 0.3) is 11.8 Å². The monoisotopic (exact) mass is 260 g/mol. The van der Waals surface area contributed by atoms with Crippen LogP contribution in [-0.2, 0) is 9.59 Å². The number of hydrogen-bond acceptors (Lipinski definition) is 4. The summed E-state index contributed by atoms with van der Waals surface area (Å²) in [6.07, 6.45) is 1.43. The quantitative estimate of drug-likeness (QED) is 0.630. The number of likely N-dealkylation sites (N-methyl/N-ethyl adjacent to an activating group) is 1. The van der Waals surface area contributed by atoms with Gasteiger partial charge in [-0.05, 0) is 23.8 Å². The minimum Gasteiger partial charge on any atom is -0.497 e. The number of methoxy groups -OCH3 is 1. The minimum absolute atomic E-state index is 0.0766. The number of amides is 4. The Hall–Kier alpha value is -2.63. The van der Waals surface area contributed by atoms with Crippen LogP contribution in [0.25, 0.3) is 6.08 Å². The van der Waals surface area contributed by atoms with Gasteiger partial charge >= 0.3 is 6.03 Å². The van der Waals surface area contributed by atoms with Crippen LogP contribution in [0.4, 0.5) is 4.79 Å². The number of carbonyl (C=O) groups is 3. The average Bonchev–Trinajstić information content (AvgIpc) is 2.42. The molecule has 4 amide bonds. The molecule has 1 fully saturated rings. The molecule has 1 aromatic rings. The molecule has 0 bridgehead atoms. The van der Waals surface area contributed by atoms with Crippen LogP contribution in [0, 0.1) is 0 Å². The topological polar surface area (TPSA) is 75.7 Å². The first kappa shape index (κ1) is 12.8. The molecule has 1 saturated heterocycles. The summed E-state index contributed by atoms with van der Waals surface area (Å²) < 4.78 is 5.01. The number of nitrogens with one attached hydrogen (secondary N) is 1. The van der Waals surface area contributed by atoms with Crippen LogP contribution in [-0.4, -0.2) is 36.9 Å². The minimum atomic E-state index is -0.720. The Labute approximate surface area is 109 Å². The first-order valence-electron chi connectivity index (χ1n) is 5.52. The molecule has 1 aliphatic heterocycles. The van der Waals surface area contributed by atoms with E-state index in [0.29, 0.717) is 11.3 Å². The first-order chi connectivity index (χ1) is 9.02. The van der Waals surface area contributed by atoms with Gasteiger partial charge in [0.1, 0.15) is 11.3 Å². The standard InChI is InChI=1S/C13H12N2O4/c1-15-12(17)10(11(16)14-13(15)18)7-8-3-5-9(19-2)6-4-8/h3-7H,1-2H3,(H,14,16,18). The van der Waals surface area contributed by atoms with Crippen LogP contribution in [0.2, 0.25) is 0 Å². The maximum Gasteiger partial charge on any atom is 0.331 e. The number of nitrogens with zero attached hydrogens (tertiary/aromatic N) is 1. The van der Waals surface area contributed by atoms with Gasteiger partial charge in [0.15, 0.2) is 0 Å². The molecule has 0 saturated carbocycles. The Bertz CT molecular complexity index is 575. The largest absolute Gasteiger partial charge is 0.497 e. The van der Waals surface area contributed by atoms with Gasteiger partial charge in [-0.3, -0.25) is 19.8 Å². The number of benzene rings is 1. The Morgan fingerprint density at radius 3 is 2.37 bits per heavy atom. The molecule has 0 aromatic heterocycles. The number of ether oxygens (including phenoxy) is 1. The van der Waals surface area contributed by atoms with E-state index in [9.17, 15) is 14.4 Å². The van der Waals surface area contributed by atoms with E-state index in [1.54, 1.807) is 31.4 Å². The van der Waals surface area contributed by atoms with E-state index in [4.69, 9.17) is 4.74 Å². The van der Waals surface area contributed by atoms with Gasteiger partial charge in [-0.2, -0.15) is 0 Å². The molecular formula is C13H12N2O4. The average molecular weight is 260 g/mol. The molecule has 2 rings (SSSR count). The fourth-order valence-electron chi connectivity index (χ4n) is 1.61. The van der Waals surface area contributed by atoms with Gasteiger partial charge in [-0.15, -0.1) is 0 Å². The number of imide groups is 2. The zero-order valence-corrected chi connectivity index (χ0v) is 10.5. The third-order valence-corrected chi connectivity index (χ3v) is 2.73. The van der Waals surface area contributed by atoms with Gasteiger partial charge in [0.05, 0.1) is 7.11 Å². The van der Waals surface area contributed by atoms with Crippen LogP contribution < -0.4 is 10.1 Å². The predicted molar refractivity (Wildman–Crippen MR) is 67.3 cm³/mol. The van der Waals surface area contributed by atoms with E-state index >= 15 is 0 Å². The normalized spacial score (nSPS) is 17.7. The molecule has 0 radical (unpaired) electrons. The number of carbonyl (C=O) groups excluding carboxylic acids is 3. The maximum atomic E-state index is 11.8. The van der Waals surface area contributed by atoms with Crippen molar-refractivity contribution in [2.24, 2.45) is 0 Å². The lowest BCUT2D eigenvalue weighted by Gasteiger charge is -2.22. The van der Waals surface area contributed by atoms with Crippen LogP contribution in [0.15, 0.2) is 29.8 Å². The highest BCUT2D eigenvalue weighted by atomic mass is 16.5. The summed E-state index contributed by atoms with van der Waals surface area (Å²) in [7, 11) is 2.86. The summed E-state index contributed by atoms with van der Waals surface area (Å²) >= 11 is 0. The second-order valence-corrected chi connectivity index (χ2v) is 3.95. The Morgan fingerprint density at radius 1 is 1.16 bits per heavy atom. The van der Waals surface area contributed by atoms with E-state index in [2.05, 4.69) is 5.32 Å². The second kappa shape index (κ2) is 4.93. The van der Waals surface area contributed by atoms with Crippen molar-refractivity contribution in [1.29, 1.82) is 0 Å². The van der Waals surface area contributed by atoms with E-state index in [-0.39, 0.29) is 5.57 Å². The Balaban J connectivity index is 2.33. The van der Waals surface area contributed by atoms with Crippen molar-refractivity contribution in [3.05, 3.63) is 35.4 Å². The zero-order valence-electron chi connectivity index (χ0n) is 10.5. The van der Waals surface area contributed by atoms with Gasteiger partial charge in [-0.25, -0.2) is 4.79 Å². The highest BCUT2D eigenvalue weighted by Crippen LogP contribution is 2.16. The van der Waals surface area contributed by atoms with Crippen molar-refractivity contribution in [2.45, 2.75) is 0 Å². The summed E-state index contributed by atoms with van der Waals surface area (Å²) in [6, 6.07) is 6.13. The lowest BCUT2D eigenvalue weighted by molar-refractivity contribution is -0.129. The van der Waals surface area contributed by atoms with Gasteiger partial charge in [0.2, 0.25) is 0 Å². The molecule has 0 aliphatic carbocycles. The molecule has 98 valence electrons. The smallest absolute Gasteiger partial charge is 0.331 e. The number of urea groups is 1. The third-order valence-electron chi connectivity index (χ3n) is 2.73. The van der Waals surface area contributed by atoms with Crippen molar-refractivity contribution in [1.82, 2.24) is 10.2 Å². The molecule has 6 heteroatoms. The molecule has 1 N–H and O–H groups in total. The molecular weight excluding hydrogens is 248 g/mol. The third kappa shape index (κ3) is 2.47. The van der Waals surface area contributed by atoms with Crippen LogP contribution in [0.3, 0.4) is 0 Å². The van der Waals surface area contributed by atoms with Crippen LogP contribution in [0.1, 0.15) is 5.56 Å². The molecule has 0 atom stereocenters. The van der Waals surface area contributed by atoms with Gasteiger partial charge in [0, 0.05) is 7.05 Å². The van der Waals surface area contributed by atoms with E-state index in [1.807, 2.05) is 0 Å². The van der Waals surface area contributed by atoms with E-state index in [0.717, 1.165) is 4.90 Å². The van der Waals surface area contributed by atoms with Crippen LogP contribution >= 0.6 is 0 Å². The highest BCUT2D eigenvalue weighted by Gasteiger charge is 2.32. The molecule has 1 heterocycles. The zero-order chi connectivity index (χ0) is 14.0. The molecule has 0 unspecified atom stereocenters. The fourth-order valence-corrected chi connectivity index (χ4v) is 1.61. The maximum absolute atomic E-state index is 11.8. The van der Waals surface area contributed by atoms with Crippen molar-refractivity contribution < 1.29 is 19.1 Å². The van der Waals surface area contributed by atoms with Crippen molar-refractivity contribution in [2.75, 3.05) is 14.2 Å². The van der Waals surface area contributed by atoms with Gasteiger partial charge in [-0.1, -0.05) is 12.1 Å². The molecule has 19 heavy (non-hydrogen) atoms. The molecule has 6 nitrogen and oxygen atoms in total. The number of barbiturate groups is 1. The van der Waals surface area contributed by atoms with Crippen LogP contribution in [0.5, 0.6) is 5.75 Å². The van der Waals surface area contributed by atoms with Crippen molar-refractivity contribution in [3.63, 3.8) is 0 Å². The number of rotatable bonds is 2. The Kier molecular flexibility index (Phi) is 3.33. The summed E-state index contributed by atoms with van der Waals surface area (Å²) in [5, 5.41) is 2.09. The SMILES string of the molecule is COc1ccc(C=C2C(=O)NC(=O)N(C)C2=O)cc1. The summed E-state index contributed by atoms with van der Waals surface area (Å²) in [5.41, 5.74) is 0.592. The fraction of sp³-hybridized carbons (Fsp3) is 0.154. The van der Waals surface area contributed by atoms with Crippen molar-refractivity contribution >= 4 is 23.9 Å². The second-order valence-electron chi connectivity index (χ2n) is 3.95. The lowest BCUT2D eigenvalue weighted by atomic mass is 10.1. The molecule has 1 aromatic carbocycles. The summed E-state index contributed by atoms with van der Waals surface area (Å²) in [4.78, 5) is 35.5. The Morgan fingerprint density at radius 2 is 1.79 bits per heavy atom. The lowest BCUT2D eigenvalue weighted by Crippen LogP contribution is -2.52. The van der Waals surface area contributed by atoms with Gasteiger partial charge < -0.3 is 4.74 Å². The van der Waals surface area contributed by atoms with Crippen molar-refractivity contribution in [3.8, 4) is 5.75 Å². The summed E-state index contributed by atoms with van der Waals surface area (Å²) in [6.45, 7) is 0. The summed E-state index contributed by atoms with van der Waals surface area (Å²) in [5.74, 6) is -0.637. The highest BCUT2D eigenvalue weighted by molar-refractivity contribution is 6.30. The first-order valence-corrected chi connectivity index (χ1v) is 5.52. The predicted octanol–water partition coefficient (Wildman–Crippen LogP) is 0.787.